The van der Waals surface area contributed by atoms with Crippen molar-refractivity contribution in [2.24, 2.45) is 0 Å². The summed E-state index contributed by atoms with van der Waals surface area (Å²) in [6, 6.07) is 23.1. The topological polar surface area (TPSA) is 41.6 Å². The number of likely N-dealkylation sites (tertiary alicyclic amines) is 1. The Morgan fingerprint density at radius 1 is 0.903 bits per heavy atom. The van der Waals surface area contributed by atoms with Gasteiger partial charge in [-0.2, -0.15) is 0 Å². The normalized spacial score (nSPS) is 14.2. The van der Waals surface area contributed by atoms with E-state index in [1.807, 2.05) is 42.5 Å². The molecule has 160 valence electrons. The number of carbonyl (C=O) groups excluding carboxylic acids is 1. The number of anilines is 1. The predicted molar refractivity (Wildman–Crippen MR) is 126 cm³/mol. The molecule has 3 aromatic rings. The molecule has 0 spiro atoms. The van der Waals surface area contributed by atoms with Gasteiger partial charge in [-0.1, -0.05) is 60.5 Å². The van der Waals surface area contributed by atoms with Crippen LogP contribution in [0.2, 0.25) is 5.02 Å². The van der Waals surface area contributed by atoms with Crippen LogP contribution in [0.1, 0.15) is 40.7 Å². The molecule has 1 aliphatic heterocycles. The van der Waals surface area contributed by atoms with Crippen molar-refractivity contribution < 1.29 is 9.53 Å². The largest absolute Gasteiger partial charge is 0.489 e. The van der Waals surface area contributed by atoms with Gasteiger partial charge in [0.15, 0.2) is 0 Å². The van der Waals surface area contributed by atoms with Crippen molar-refractivity contribution in [2.75, 3.05) is 18.4 Å². The van der Waals surface area contributed by atoms with Crippen LogP contribution in [0.5, 0.6) is 5.75 Å². The van der Waals surface area contributed by atoms with Crippen molar-refractivity contribution >= 4 is 23.2 Å². The number of nitrogens with one attached hydrogen (secondary N) is 1. The number of hydrogen-bond acceptors (Lipinski definition) is 3. The quantitative estimate of drug-likeness (QED) is 0.484. The van der Waals surface area contributed by atoms with Gasteiger partial charge >= 0.3 is 0 Å². The SMILES string of the molecule is O=C(Nc1ccc(CN2CCCCC2)cc1)c1cc(OCc2ccccc2)ccc1Cl. The van der Waals surface area contributed by atoms with Gasteiger partial charge in [-0.25, -0.2) is 0 Å². The summed E-state index contributed by atoms with van der Waals surface area (Å²) in [5.74, 6) is 0.356. The minimum Gasteiger partial charge on any atom is -0.489 e. The number of ether oxygens (including phenoxy) is 1. The highest BCUT2D eigenvalue weighted by Gasteiger charge is 2.13. The zero-order valence-corrected chi connectivity index (χ0v) is 18.3. The maximum Gasteiger partial charge on any atom is 0.257 e. The highest BCUT2D eigenvalue weighted by molar-refractivity contribution is 6.34. The number of benzene rings is 3. The van der Waals surface area contributed by atoms with E-state index in [1.165, 1.54) is 37.9 Å². The highest BCUT2D eigenvalue weighted by Crippen LogP contribution is 2.24. The molecule has 1 aliphatic rings. The molecule has 0 aromatic heterocycles. The number of halogens is 1. The summed E-state index contributed by atoms with van der Waals surface area (Å²) in [6.07, 6.45) is 3.90. The first kappa shape index (κ1) is 21.4. The van der Waals surface area contributed by atoms with Crippen molar-refractivity contribution in [1.82, 2.24) is 4.90 Å². The summed E-state index contributed by atoms with van der Waals surface area (Å²) >= 11 is 6.29. The van der Waals surface area contributed by atoms with Crippen LogP contribution in [0.4, 0.5) is 5.69 Å². The molecule has 0 radical (unpaired) electrons. The van der Waals surface area contributed by atoms with Crippen LogP contribution in [-0.4, -0.2) is 23.9 Å². The first-order chi connectivity index (χ1) is 15.2. The number of rotatable bonds is 7. The standard InChI is InChI=1S/C26H27ClN2O2/c27-25-14-13-23(31-19-21-7-3-1-4-8-21)17-24(25)26(30)28-22-11-9-20(10-12-22)18-29-15-5-2-6-16-29/h1,3-4,7-14,17H,2,5-6,15-16,18-19H2,(H,28,30). The molecule has 0 saturated carbocycles. The van der Waals surface area contributed by atoms with Crippen LogP contribution in [0.25, 0.3) is 0 Å². The number of nitrogens with zero attached hydrogens (tertiary/aromatic N) is 1. The number of amides is 1. The Kier molecular flexibility index (Phi) is 7.23. The molecule has 31 heavy (non-hydrogen) atoms. The lowest BCUT2D eigenvalue weighted by Crippen LogP contribution is -2.29. The Balaban J connectivity index is 1.37. The maximum absolute atomic E-state index is 12.8. The van der Waals surface area contributed by atoms with Crippen molar-refractivity contribution in [2.45, 2.75) is 32.4 Å². The third kappa shape index (κ3) is 6.09. The van der Waals surface area contributed by atoms with Gasteiger partial charge in [-0.15, -0.1) is 0 Å². The fraction of sp³-hybridized carbons (Fsp3) is 0.269. The van der Waals surface area contributed by atoms with E-state index in [2.05, 4.69) is 22.3 Å². The second-order valence-electron chi connectivity index (χ2n) is 7.90. The van der Waals surface area contributed by atoms with Crippen molar-refractivity contribution in [3.05, 3.63) is 94.5 Å². The molecular formula is C26H27ClN2O2. The molecule has 0 bridgehead atoms. The van der Waals surface area contributed by atoms with Gasteiger partial charge in [0, 0.05) is 12.2 Å². The fourth-order valence-corrected chi connectivity index (χ4v) is 3.98. The Labute approximate surface area is 188 Å². The number of carbonyl (C=O) groups is 1. The Morgan fingerprint density at radius 2 is 1.65 bits per heavy atom. The van der Waals surface area contributed by atoms with Gasteiger partial charge in [-0.3, -0.25) is 9.69 Å². The summed E-state index contributed by atoms with van der Waals surface area (Å²) in [5, 5.41) is 3.33. The van der Waals surface area contributed by atoms with Gasteiger partial charge in [0.05, 0.1) is 10.6 Å². The highest BCUT2D eigenvalue weighted by atomic mass is 35.5. The van der Waals surface area contributed by atoms with Gasteiger partial charge in [0.1, 0.15) is 12.4 Å². The summed E-state index contributed by atoms with van der Waals surface area (Å²) in [6.45, 7) is 3.72. The van der Waals surface area contributed by atoms with Gasteiger partial charge in [-0.05, 0) is 67.4 Å². The number of piperidine rings is 1. The van der Waals surface area contributed by atoms with E-state index in [9.17, 15) is 4.79 Å². The van der Waals surface area contributed by atoms with Crippen molar-refractivity contribution in [3.8, 4) is 5.75 Å². The van der Waals surface area contributed by atoms with E-state index in [1.54, 1.807) is 18.2 Å². The smallest absolute Gasteiger partial charge is 0.257 e. The summed E-state index contributed by atoms with van der Waals surface area (Å²) in [5.41, 5.74) is 3.46. The predicted octanol–water partition coefficient (Wildman–Crippen LogP) is 6.16. The van der Waals surface area contributed by atoms with Gasteiger partial charge < -0.3 is 10.1 Å². The van der Waals surface area contributed by atoms with Crippen LogP contribution in [0.15, 0.2) is 72.8 Å². The third-order valence-electron chi connectivity index (χ3n) is 5.50. The molecule has 4 rings (SSSR count). The van der Waals surface area contributed by atoms with Crippen molar-refractivity contribution in [1.29, 1.82) is 0 Å². The molecule has 0 atom stereocenters. The van der Waals surface area contributed by atoms with E-state index in [0.717, 1.165) is 17.8 Å². The van der Waals surface area contributed by atoms with E-state index >= 15 is 0 Å². The first-order valence-electron chi connectivity index (χ1n) is 10.8. The van der Waals surface area contributed by atoms with Gasteiger partial charge in [0.2, 0.25) is 0 Å². The van der Waals surface area contributed by atoms with E-state index < -0.39 is 0 Å². The average molecular weight is 435 g/mol. The van der Waals surface area contributed by atoms with Crippen LogP contribution in [-0.2, 0) is 13.2 Å². The monoisotopic (exact) mass is 434 g/mol. The van der Waals surface area contributed by atoms with E-state index in [-0.39, 0.29) is 5.91 Å². The average Bonchev–Trinajstić information content (AvgIpc) is 2.81. The minimum absolute atomic E-state index is 0.251. The fourth-order valence-electron chi connectivity index (χ4n) is 3.78. The van der Waals surface area contributed by atoms with E-state index in [0.29, 0.717) is 22.9 Å². The van der Waals surface area contributed by atoms with Crippen LogP contribution in [0.3, 0.4) is 0 Å². The molecule has 1 amide bonds. The molecule has 1 N–H and O–H groups in total. The summed E-state index contributed by atoms with van der Waals surface area (Å²) < 4.78 is 5.83. The zero-order valence-electron chi connectivity index (χ0n) is 17.5. The van der Waals surface area contributed by atoms with Crippen molar-refractivity contribution in [3.63, 3.8) is 0 Å². The molecule has 1 fully saturated rings. The Bertz CT molecular complexity index is 1000. The zero-order chi connectivity index (χ0) is 21.5. The summed E-state index contributed by atoms with van der Waals surface area (Å²) in [4.78, 5) is 15.3. The Hall–Kier alpha value is -2.82. The molecule has 0 aliphatic carbocycles. The third-order valence-corrected chi connectivity index (χ3v) is 5.83. The second-order valence-corrected chi connectivity index (χ2v) is 8.31. The molecule has 1 saturated heterocycles. The lowest BCUT2D eigenvalue weighted by Gasteiger charge is -2.26. The molecule has 3 aromatic carbocycles. The summed E-state index contributed by atoms with van der Waals surface area (Å²) in [7, 11) is 0. The maximum atomic E-state index is 12.8. The molecule has 0 unspecified atom stereocenters. The van der Waals surface area contributed by atoms with Gasteiger partial charge in [0.25, 0.3) is 5.91 Å². The molecule has 5 heteroatoms. The van der Waals surface area contributed by atoms with Crippen LogP contribution < -0.4 is 10.1 Å². The lowest BCUT2D eigenvalue weighted by atomic mass is 10.1. The lowest BCUT2D eigenvalue weighted by molar-refractivity contribution is 0.102. The second kappa shape index (κ2) is 10.5. The van der Waals surface area contributed by atoms with E-state index in [4.69, 9.17) is 16.3 Å². The number of hydrogen-bond donors (Lipinski definition) is 1. The molecule has 1 heterocycles. The molecule has 4 nitrogen and oxygen atoms in total. The minimum atomic E-state index is -0.251. The molecular weight excluding hydrogens is 408 g/mol. The van der Waals surface area contributed by atoms with Crippen LogP contribution >= 0.6 is 11.6 Å². The first-order valence-corrected chi connectivity index (χ1v) is 11.1. The Morgan fingerprint density at radius 3 is 2.39 bits per heavy atom. The van der Waals surface area contributed by atoms with Crippen LogP contribution in [0, 0.1) is 0 Å².